The second-order valence-electron chi connectivity index (χ2n) is 7.48. The van der Waals surface area contributed by atoms with Gasteiger partial charge in [0.15, 0.2) is 0 Å². The van der Waals surface area contributed by atoms with Crippen molar-refractivity contribution in [2.45, 2.75) is 44.7 Å². The fourth-order valence-corrected chi connectivity index (χ4v) is 4.03. The molecule has 3 amide bonds. The van der Waals surface area contributed by atoms with Gasteiger partial charge in [-0.1, -0.05) is 30.3 Å². The molecule has 1 aromatic carbocycles. The third-order valence-electron chi connectivity index (χ3n) is 5.58. The van der Waals surface area contributed by atoms with Crippen molar-refractivity contribution in [1.29, 1.82) is 0 Å². The molecule has 2 aliphatic rings. The van der Waals surface area contributed by atoms with Crippen LogP contribution in [0.25, 0.3) is 0 Å². The normalized spacial score (nSPS) is 19.2. The summed E-state index contributed by atoms with van der Waals surface area (Å²) < 4.78 is 5.04. The molecule has 0 radical (unpaired) electrons. The van der Waals surface area contributed by atoms with Crippen LogP contribution >= 0.6 is 0 Å². The summed E-state index contributed by atoms with van der Waals surface area (Å²) in [5.74, 6) is 0. The molecule has 0 aromatic heterocycles. The quantitative estimate of drug-likeness (QED) is 0.786. The summed E-state index contributed by atoms with van der Waals surface area (Å²) in [6.45, 7) is 6.18. The topological polar surface area (TPSA) is 73.9 Å². The molecule has 0 bridgehead atoms. The summed E-state index contributed by atoms with van der Waals surface area (Å²) in [4.78, 5) is 28.4. The van der Waals surface area contributed by atoms with Crippen molar-refractivity contribution in [3.8, 4) is 0 Å². The molecule has 7 nitrogen and oxygen atoms in total. The van der Waals surface area contributed by atoms with Crippen molar-refractivity contribution in [3.05, 3.63) is 35.9 Å². The molecule has 1 atom stereocenters. The van der Waals surface area contributed by atoms with Gasteiger partial charge in [0.05, 0.1) is 12.6 Å². The number of benzene rings is 1. The molecule has 2 aliphatic heterocycles. The first-order chi connectivity index (χ1) is 13.7. The highest BCUT2D eigenvalue weighted by Gasteiger charge is 2.26. The van der Waals surface area contributed by atoms with Crippen LogP contribution in [0.2, 0.25) is 0 Å². The molecule has 2 fully saturated rings. The second-order valence-corrected chi connectivity index (χ2v) is 7.48. The average molecular weight is 389 g/mol. The van der Waals surface area contributed by atoms with Crippen LogP contribution in [-0.2, 0) is 4.74 Å². The summed E-state index contributed by atoms with van der Waals surface area (Å²) in [5.41, 5.74) is 1.24. The molecule has 0 spiro atoms. The lowest BCUT2D eigenvalue weighted by Crippen LogP contribution is -2.50. The van der Waals surface area contributed by atoms with E-state index in [9.17, 15) is 9.59 Å². The maximum Gasteiger partial charge on any atom is 0.409 e. The Hall–Kier alpha value is -2.28. The van der Waals surface area contributed by atoms with E-state index in [0.29, 0.717) is 26.2 Å². The van der Waals surface area contributed by atoms with Crippen LogP contribution in [0.3, 0.4) is 0 Å². The van der Waals surface area contributed by atoms with Gasteiger partial charge in [0.1, 0.15) is 0 Å². The summed E-state index contributed by atoms with van der Waals surface area (Å²) in [7, 11) is 0. The largest absolute Gasteiger partial charge is 0.450 e. The zero-order valence-corrected chi connectivity index (χ0v) is 16.7. The van der Waals surface area contributed by atoms with Gasteiger partial charge in [-0.3, -0.25) is 4.90 Å². The fourth-order valence-electron chi connectivity index (χ4n) is 4.03. The SMILES string of the molecule is CCOC(=O)N1CCC(NC(=O)NCC(c2ccccc2)N2CCCC2)CC1. The Bertz CT molecular complexity index is 626. The predicted octanol–water partition coefficient (Wildman–Crippen LogP) is 2.74. The number of urea groups is 1. The number of nitrogens with one attached hydrogen (secondary N) is 2. The molecule has 1 aromatic rings. The Balaban J connectivity index is 1.46. The van der Waals surface area contributed by atoms with Gasteiger partial charge in [-0.2, -0.15) is 0 Å². The minimum atomic E-state index is -0.262. The van der Waals surface area contributed by atoms with E-state index in [0.717, 1.165) is 25.9 Å². The van der Waals surface area contributed by atoms with E-state index in [1.165, 1.54) is 18.4 Å². The highest BCUT2D eigenvalue weighted by Crippen LogP contribution is 2.24. The molecule has 2 N–H and O–H groups in total. The first kappa shape index (κ1) is 20.5. The van der Waals surface area contributed by atoms with E-state index in [2.05, 4.69) is 39.8 Å². The maximum atomic E-state index is 12.4. The second kappa shape index (κ2) is 10.3. The first-order valence-corrected chi connectivity index (χ1v) is 10.4. The fraction of sp³-hybridized carbons (Fsp3) is 0.619. The van der Waals surface area contributed by atoms with Crippen LogP contribution in [-0.4, -0.2) is 67.3 Å². The Morgan fingerprint density at radius 2 is 1.79 bits per heavy atom. The van der Waals surface area contributed by atoms with Gasteiger partial charge in [-0.25, -0.2) is 9.59 Å². The minimum absolute atomic E-state index is 0.0904. The number of hydrogen-bond donors (Lipinski definition) is 2. The van der Waals surface area contributed by atoms with E-state index in [1.54, 1.807) is 11.8 Å². The molecular weight excluding hydrogens is 356 g/mol. The summed E-state index contributed by atoms with van der Waals surface area (Å²) in [6.07, 6.45) is 3.67. The van der Waals surface area contributed by atoms with Crippen LogP contribution in [0.5, 0.6) is 0 Å². The van der Waals surface area contributed by atoms with Crippen molar-refractivity contribution >= 4 is 12.1 Å². The highest BCUT2D eigenvalue weighted by atomic mass is 16.6. The van der Waals surface area contributed by atoms with Gasteiger partial charge in [0.25, 0.3) is 0 Å². The lowest BCUT2D eigenvalue weighted by molar-refractivity contribution is 0.0957. The zero-order valence-electron chi connectivity index (χ0n) is 16.7. The number of likely N-dealkylation sites (tertiary alicyclic amines) is 2. The number of ether oxygens (including phenoxy) is 1. The van der Waals surface area contributed by atoms with Gasteiger partial charge in [-0.15, -0.1) is 0 Å². The van der Waals surface area contributed by atoms with Crippen molar-refractivity contribution < 1.29 is 14.3 Å². The van der Waals surface area contributed by atoms with Crippen LogP contribution in [0, 0.1) is 0 Å². The lowest BCUT2D eigenvalue weighted by atomic mass is 10.1. The molecule has 0 saturated carbocycles. The maximum absolute atomic E-state index is 12.4. The number of carbonyl (C=O) groups excluding carboxylic acids is 2. The standard InChI is InChI=1S/C21H32N4O3/c1-2-28-21(27)25-14-10-18(11-15-25)23-20(26)22-16-19(24-12-6-7-13-24)17-8-4-3-5-9-17/h3-5,8-9,18-19H,2,6-7,10-16H2,1H3,(H2,22,23,26). The minimum Gasteiger partial charge on any atom is -0.450 e. The molecule has 0 aliphatic carbocycles. The summed E-state index contributed by atoms with van der Waals surface area (Å²) in [6, 6.07) is 10.6. The Labute approximate surface area is 167 Å². The van der Waals surface area contributed by atoms with Crippen molar-refractivity contribution in [3.63, 3.8) is 0 Å². The van der Waals surface area contributed by atoms with Crippen LogP contribution in [0.1, 0.15) is 44.2 Å². The smallest absolute Gasteiger partial charge is 0.409 e. The van der Waals surface area contributed by atoms with Crippen LogP contribution in [0.4, 0.5) is 9.59 Å². The number of carbonyl (C=O) groups is 2. The predicted molar refractivity (Wildman–Crippen MR) is 108 cm³/mol. The molecule has 7 heteroatoms. The van der Waals surface area contributed by atoms with E-state index < -0.39 is 0 Å². The summed E-state index contributed by atoms with van der Waals surface area (Å²) in [5, 5.41) is 6.12. The molecule has 154 valence electrons. The third kappa shape index (κ3) is 5.61. The van der Waals surface area contributed by atoms with E-state index in [4.69, 9.17) is 4.74 Å². The average Bonchev–Trinajstić information content (AvgIpc) is 3.24. The first-order valence-electron chi connectivity index (χ1n) is 10.4. The van der Waals surface area contributed by atoms with E-state index in [-0.39, 0.29) is 24.2 Å². The molecule has 1 unspecified atom stereocenters. The number of hydrogen-bond acceptors (Lipinski definition) is 4. The molecule has 3 rings (SSSR count). The molecule has 2 saturated heterocycles. The van der Waals surface area contributed by atoms with Gasteiger partial charge in [-0.05, 0) is 51.3 Å². The van der Waals surface area contributed by atoms with E-state index in [1.807, 2.05) is 6.07 Å². The number of rotatable bonds is 6. The van der Waals surface area contributed by atoms with E-state index >= 15 is 0 Å². The van der Waals surface area contributed by atoms with Crippen LogP contribution < -0.4 is 10.6 Å². The van der Waals surface area contributed by atoms with Gasteiger partial charge >= 0.3 is 12.1 Å². The summed E-state index contributed by atoms with van der Waals surface area (Å²) >= 11 is 0. The molecular formula is C21H32N4O3. The van der Waals surface area contributed by atoms with Crippen molar-refractivity contribution in [1.82, 2.24) is 20.4 Å². The molecule has 28 heavy (non-hydrogen) atoms. The van der Waals surface area contributed by atoms with Crippen LogP contribution in [0.15, 0.2) is 30.3 Å². The number of nitrogens with zero attached hydrogens (tertiary/aromatic N) is 2. The molecule has 2 heterocycles. The van der Waals surface area contributed by atoms with Gasteiger partial charge in [0.2, 0.25) is 0 Å². The van der Waals surface area contributed by atoms with Gasteiger partial charge in [0, 0.05) is 25.7 Å². The monoisotopic (exact) mass is 388 g/mol. The number of piperidine rings is 1. The number of amides is 3. The van der Waals surface area contributed by atoms with Crippen molar-refractivity contribution in [2.24, 2.45) is 0 Å². The highest BCUT2D eigenvalue weighted by molar-refractivity contribution is 5.74. The Morgan fingerprint density at radius 1 is 1.11 bits per heavy atom. The zero-order chi connectivity index (χ0) is 19.8. The lowest BCUT2D eigenvalue weighted by Gasteiger charge is -2.32. The Kier molecular flexibility index (Phi) is 7.54. The Morgan fingerprint density at radius 3 is 2.43 bits per heavy atom. The van der Waals surface area contributed by atoms with Gasteiger partial charge < -0.3 is 20.3 Å². The third-order valence-corrected chi connectivity index (χ3v) is 5.58. The van der Waals surface area contributed by atoms with Crippen molar-refractivity contribution in [2.75, 3.05) is 39.3 Å².